The summed E-state index contributed by atoms with van der Waals surface area (Å²) in [5.74, 6) is 1.33. The van der Waals surface area contributed by atoms with Crippen LogP contribution in [0.15, 0.2) is 17.7 Å². The average molecular weight is 389 g/mol. The molecule has 0 aromatic heterocycles. The van der Waals surface area contributed by atoms with E-state index >= 15 is 0 Å². The van der Waals surface area contributed by atoms with Crippen molar-refractivity contribution in [3.05, 3.63) is 34.4 Å². The van der Waals surface area contributed by atoms with Gasteiger partial charge in [0.25, 0.3) is 0 Å². The van der Waals surface area contributed by atoms with E-state index < -0.39 is 5.97 Å². The van der Waals surface area contributed by atoms with Crippen LogP contribution in [0.25, 0.3) is 0 Å². The van der Waals surface area contributed by atoms with Crippen LogP contribution >= 0.6 is 0 Å². The van der Waals surface area contributed by atoms with Crippen molar-refractivity contribution >= 4 is 5.97 Å². The lowest BCUT2D eigenvalue weighted by Gasteiger charge is -2.23. The highest BCUT2D eigenvalue weighted by Crippen LogP contribution is 2.44. The predicted molar refractivity (Wildman–Crippen MR) is 111 cm³/mol. The number of rotatable bonds is 6. The number of allylic oxidation sites excluding steroid dienone is 2. The lowest BCUT2D eigenvalue weighted by Crippen LogP contribution is -2.11. The number of carbonyl (C=O) groups excluding carboxylic acids is 1. The molecule has 5 heteroatoms. The average Bonchev–Trinajstić information content (AvgIpc) is 2.68. The summed E-state index contributed by atoms with van der Waals surface area (Å²) in [7, 11) is 1.31. The summed E-state index contributed by atoms with van der Waals surface area (Å²) < 4.78 is 4.87. The third-order valence-corrected chi connectivity index (χ3v) is 4.87. The number of benzene rings is 1. The molecule has 0 fully saturated rings. The van der Waals surface area contributed by atoms with Crippen molar-refractivity contribution in [3.8, 4) is 23.8 Å². The van der Waals surface area contributed by atoms with Crippen LogP contribution in [0.1, 0.15) is 79.8 Å². The fourth-order valence-electron chi connectivity index (χ4n) is 3.52. The van der Waals surface area contributed by atoms with Crippen molar-refractivity contribution in [2.45, 2.75) is 64.7 Å². The maximum absolute atomic E-state index is 12.2. The Kier molecular flexibility index (Phi) is 10.2. The molecule has 2 rings (SSSR count). The second kappa shape index (κ2) is 12.1. The van der Waals surface area contributed by atoms with Crippen molar-refractivity contribution in [1.29, 1.82) is 0 Å². The van der Waals surface area contributed by atoms with Crippen molar-refractivity contribution in [2.75, 3.05) is 13.7 Å². The van der Waals surface area contributed by atoms with E-state index in [0.29, 0.717) is 17.5 Å². The number of phenolic OH excluding ortho intramolecular Hbond substituents is 2. The standard InChI is InChI=1S/C20H28O4.C3H4O/c1-4-5-6-9-15-12-16(21)17(14-10-7-8-13(2)11-14)19(22)18(15)20(23)24-3;1-2-3-4/h11-12,14,21-22H,4-10H2,1-3H3;1,4H,3H2/t14-;/m1./s1. The summed E-state index contributed by atoms with van der Waals surface area (Å²) in [6.45, 7) is 4.01. The first-order chi connectivity index (χ1) is 13.4. The van der Waals surface area contributed by atoms with Crippen molar-refractivity contribution in [3.63, 3.8) is 0 Å². The van der Waals surface area contributed by atoms with Crippen LogP contribution in [-0.4, -0.2) is 35.0 Å². The predicted octanol–water partition coefficient (Wildman–Crippen LogP) is 4.44. The first kappa shape index (κ1) is 23.6. The quantitative estimate of drug-likeness (QED) is 0.290. The Morgan fingerprint density at radius 1 is 1.36 bits per heavy atom. The smallest absolute Gasteiger partial charge is 0.341 e. The summed E-state index contributed by atoms with van der Waals surface area (Å²) >= 11 is 0. The molecule has 0 heterocycles. The van der Waals surface area contributed by atoms with E-state index in [9.17, 15) is 15.0 Å². The van der Waals surface area contributed by atoms with Gasteiger partial charge in [-0.05, 0) is 50.7 Å². The van der Waals surface area contributed by atoms with Crippen LogP contribution in [-0.2, 0) is 11.2 Å². The van der Waals surface area contributed by atoms with Gasteiger partial charge in [0.2, 0.25) is 0 Å². The Morgan fingerprint density at radius 2 is 2.04 bits per heavy atom. The molecule has 0 saturated heterocycles. The van der Waals surface area contributed by atoms with Gasteiger partial charge in [0.05, 0.1) is 7.11 Å². The Bertz CT molecular complexity index is 727. The minimum absolute atomic E-state index is 0.0631. The van der Waals surface area contributed by atoms with Crippen LogP contribution in [0.5, 0.6) is 11.5 Å². The van der Waals surface area contributed by atoms with Crippen LogP contribution < -0.4 is 0 Å². The Balaban J connectivity index is 0.000000892. The molecule has 5 nitrogen and oxygen atoms in total. The van der Waals surface area contributed by atoms with E-state index in [-0.39, 0.29) is 29.6 Å². The zero-order valence-electron chi connectivity index (χ0n) is 17.1. The summed E-state index contributed by atoms with van der Waals surface area (Å²) in [6, 6.07) is 1.63. The highest BCUT2D eigenvalue weighted by Gasteiger charge is 2.27. The molecule has 1 aliphatic carbocycles. The largest absolute Gasteiger partial charge is 0.507 e. The Morgan fingerprint density at radius 3 is 2.57 bits per heavy atom. The van der Waals surface area contributed by atoms with Crippen LogP contribution in [0.4, 0.5) is 0 Å². The van der Waals surface area contributed by atoms with Crippen molar-refractivity contribution in [1.82, 2.24) is 0 Å². The van der Waals surface area contributed by atoms with Gasteiger partial charge >= 0.3 is 5.97 Å². The molecule has 3 N–H and O–H groups in total. The molecule has 1 aliphatic rings. The fourth-order valence-corrected chi connectivity index (χ4v) is 3.52. The topological polar surface area (TPSA) is 87.0 Å². The second-order valence-corrected chi connectivity index (χ2v) is 7.01. The van der Waals surface area contributed by atoms with Gasteiger partial charge in [0, 0.05) is 11.5 Å². The molecular weight excluding hydrogens is 356 g/mol. The minimum atomic E-state index is -0.545. The summed E-state index contributed by atoms with van der Waals surface area (Å²) in [6.07, 6.45) is 13.2. The molecule has 1 aromatic carbocycles. The Hall–Kier alpha value is -2.45. The molecule has 0 unspecified atom stereocenters. The van der Waals surface area contributed by atoms with E-state index in [1.807, 2.05) is 5.92 Å². The van der Waals surface area contributed by atoms with Gasteiger partial charge in [0.1, 0.15) is 23.7 Å². The van der Waals surface area contributed by atoms with E-state index in [4.69, 9.17) is 9.84 Å². The maximum Gasteiger partial charge on any atom is 0.341 e. The van der Waals surface area contributed by atoms with E-state index in [1.165, 1.54) is 12.7 Å². The summed E-state index contributed by atoms with van der Waals surface area (Å²) in [5.41, 5.74) is 2.56. The fraction of sp³-hybridized carbons (Fsp3) is 0.522. The zero-order valence-corrected chi connectivity index (χ0v) is 17.1. The Labute approximate surface area is 168 Å². The molecular formula is C23H32O5. The monoisotopic (exact) mass is 388 g/mol. The highest BCUT2D eigenvalue weighted by atomic mass is 16.5. The molecule has 154 valence electrons. The van der Waals surface area contributed by atoms with Crippen molar-refractivity contribution < 1.29 is 24.9 Å². The first-order valence-electron chi connectivity index (χ1n) is 9.78. The number of aryl methyl sites for hydroxylation is 1. The number of unbranched alkanes of at least 4 members (excludes halogenated alkanes) is 2. The molecule has 0 aliphatic heterocycles. The molecule has 0 amide bonds. The number of hydrogen-bond donors (Lipinski definition) is 3. The third-order valence-electron chi connectivity index (χ3n) is 4.87. The molecule has 0 saturated carbocycles. The second-order valence-electron chi connectivity index (χ2n) is 7.01. The first-order valence-corrected chi connectivity index (χ1v) is 9.78. The molecule has 28 heavy (non-hydrogen) atoms. The van der Waals surface area contributed by atoms with E-state index in [0.717, 1.165) is 38.5 Å². The van der Waals surface area contributed by atoms with Gasteiger partial charge in [-0.2, -0.15) is 0 Å². The number of hydrogen-bond acceptors (Lipinski definition) is 5. The number of phenols is 2. The van der Waals surface area contributed by atoms with Gasteiger partial charge in [-0.25, -0.2) is 4.79 Å². The molecule has 0 radical (unpaired) electrons. The lowest BCUT2D eigenvalue weighted by atomic mass is 9.83. The summed E-state index contributed by atoms with van der Waals surface area (Å²) in [5, 5.41) is 28.9. The normalized spacial score (nSPS) is 15.7. The number of carbonyl (C=O) groups is 1. The van der Waals surface area contributed by atoms with Crippen LogP contribution in [0.2, 0.25) is 0 Å². The van der Waals surface area contributed by atoms with Gasteiger partial charge in [0.15, 0.2) is 0 Å². The maximum atomic E-state index is 12.2. The van der Waals surface area contributed by atoms with Gasteiger partial charge in [-0.1, -0.05) is 37.3 Å². The number of esters is 1. The number of aromatic hydroxyl groups is 2. The number of ether oxygens (including phenoxy) is 1. The third kappa shape index (κ3) is 6.31. The van der Waals surface area contributed by atoms with Gasteiger partial charge in [-0.15, -0.1) is 6.42 Å². The van der Waals surface area contributed by atoms with Crippen LogP contribution in [0, 0.1) is 12.3 Å². The number of terminal acetylenes is 1. The van der Waals surface area contributed by atoms with Gasteiger partial charge in [-0.3, -0.25) is 0 Å². The van der Waals surface area contributed by atoms with Crippen molar-refractivity contribution in [2.24, 2.45) is 0 Å². The molecule has 0 spiro atoms. The zero-order chi connectivity index (χ0) is 21.1. The SMILES string of the molecule is C#CCO.CCCCCc1cc(O)c([C@H]2C=C(C)CCC2)c(O)c1C(=O)OC. The number of aliphatic hydroxyl groups is 1. The summed E-state index contributed by atoms with van der Waals surface area (Å²) in [4.78, 5) is 12.2. The molecule has 1 atom stereocenters. The molecule has 0 bridgehead atoms. The van der Waals surface area contributed by atoms with Gasteiger partial charge < -0.3 is 20.1 Å². The molecule has 1 aromatic rings. The lowest BCUT2D eigenvalue weighted by molar-refractivity contribution is 0.0595. The van der Waals surface area contributed by atoms with Crippen LogP contribution in [0.3, 0.4) is 0 Å². The number of methoxy groups -OCH3 is 1. The highest BCUT2D eigenvalue weighted by molar-refractivity contribution is 5.95. The minimum Gasteiger partial charge on any atom is -0.507 e. The number of aliphatic hydroxyl groups excluding tert-OH is 1. The van der Waals surface area contributed by atoms with E-state index in [1.54, 1.807) is 6.07 Å². The van der Waals surface area contributed by atoms with E-state index in [2.05, 4.69) is 26.3 Å².